The molecule has 0 bridgehead atoms. The Kier molecular flexibility index (Phi) is 10.9. The lowest BCUT2D eigenvalue weighted by Gasteiger charge is -2.13. The lowest BCUT2D eigenvalue weighted by Crippen LogP contribution is -2.30. The van der Waals surface area contributed by atoms with E-state index in [4.69, 9.17) is 34.8 Å². The monoisotopic (exact) mass is 653 g/mol. The highest BCUT2D eigenvalue weighted by atomic mass is 35.5. The second-order valence-electron chi connectivity index (χ2n) is 8.83. The number of carboxylic acid groups (broad SMARTS) is 1. The molecule has 0 atom stereocenters. The number of anilines is 2. The van der Waals surface area contributed by atoms with E-state index in [9.17, 15) is 24.3 Å². The standard InChI is InChI=1S/C31H22Cl3N3O5S/c32-24-7-4-8-25(33)22(24)16-27(37-29(39)18-5-2-1-3-6-18)30(40)36-19-9-12-21(13-10-19)43-17-28(38)35-20-11-14-26(34)23(15-20)31(41)42/h1-16H,17H2,(H,35,38)(H,36,40)(H,37,39)(H,41,42)/b27-16-. The number of rotatable bonds is 10. The molecule has 0 aromatic heterocycles. The molecule has 4 rings (SSSR count). The molecular weight excluding hydrogens is 633 g/mol. The fourth-order valence-electron chi connectivity index (χ4n) is 3.68. The minimum Gasteiger partial charge on any atom is -0.478 e. The van der Waals surface area contributed by atoms with E-state index in [0.717, 1.165) is 4.90 Å². The Morgan fingerprint density at radius 3 is 2.05 bits per heavy atom. The van der Waals surface area contributed by atoms with Crippen molar-refractivity contribution in [2.24, 2.45) is 0 Å². The summed E-state index contributed by atoms with van der Waals surface area (Å²) in [5, 5.41) is 17.9. The number of thioether (sulfide) groups is 1. The van der Waals surface area contributed by atoms with Gasteiger partial charge in [-0.25, -0.2) is 4.79 Å². The van der Waals surface area contributed by atoms with Gasteiger partial charge in [-0.1, -0.05) is 59.1 Å². The molecule has 0 fully saturated rings. The molecule has 218 valence electrons. The third kappa shape index (κ3) is 8.86. The van der Waals surface area contributed by atoms with Crippen molar-refractivity contribution in [2.75, 3.05) is 16.4 Å². The van der Waals surface area contributed by atoms with Crippen molar-refractivity contribution in [1.82, 2.24) is 5.32 Å². The van der Waals surface area contributed by atoms with Gasteiger partial charge in [-0.05, 0) is 72.8 Å². The second-order valence-corrected chi connectivity index (χ2v) is 11.1. The number of amides is 3. The maximum Gasteiger partial charge on any atom is 0.337 e. The van der Waals surface area contributed by atoms with Gasteiger partial charge in [0.15, 0.2) is 0 Å². The summed E-state index contributed by atoms with van der Waals surface area (Å²) < 4.78 is 0. The molecule has 0 aliphatic rings. The molecule has 4 aromatic carbocycles. The second kappa shape index (κ2) is 14.8. The Morgan fingerprint density at radius 1 is 0.744 bits per heavy atom. The molecule has 12 heteroatoms. The molecule has 0 aliphatic carbocycles. The highest BCUT2D eigenvalue weighted by molar-refractivity contribution is 8.00. The molecule has 4 N–H and O–H groups in total. The van der Waals surface area contributed by atoms with Crippen molar-refractivity contribution in [2.45, 2.75) is 4.90 Å². The van der Waals surface area contributed by atoms with Crippen LogP contribution in [0.15, 0.2) is 102 Å². The first kappa shape index (κ1) is 31.7. The van der Waals surface area contributed by atoms with Crippen LogP contribution < -0.4 is 16.0 Å². The minimum absolute atomic E-state index is 0.0493. The van der Waals surface area contributed by atoms with E-state index >= 15 is 0 Å². The first-order chi connectivity index (χ1) is 20.6. The van der Waals surface area contributed by atoms with Crippen molar-refractivity contribution >= 4 is 87.7 Å². The SMILES string of the molecule is O=C(CSc1ccc(NC(=O)/C(=C/c2c(Cl)cccc2Cl)NC(=O)c2ccccc2)cc1)Nc1ccc(Cl)c(C(=O)O)c1. The van der Waals surface area contributed by atoms with E-state index in [2.05, 4.69) is 16.0 Å². The maximum atomic E-state index is 13.3. The summed E-state index contributed by atoms with van der Waals surface area (Å²) in [6.07, 6.45) is 1.41. The van der Waals surface area contributed by atoms with Crippen LogP contribution in [0.3, 0.4) is 0 Å². The number of aromatic carboxylic acids is 1. The summed E-state index contributed by atoms with van der Waals surface area (Å²) in [4.78, 5) is 50.5. The quantitative estimate of drug-likeness (QED) is 0.104. The molecule has 4 aromatic rings. The number of carboxylic acids is 1. The van der Waals surface area contributed by atoms with Crippen LogP contribution in [0.4, 0.5) is 11.4 Å². The Morgan fingerprint density at radius 2 is 1.40 bits per heavy atom. The highest BCUT2D eigenvalue weighted by Gasteiger charge is 2.17. The van der Waals surface area contributed by atoms with Crippen LogP contribution in [0.5, 0.6) is 0 Å². The zero-order chi connectivity index (χ0) is 30.9. The molecule has 43 heavy (non-hydrogen) atoms. The van der Waals surface area contributed by atoms with Gasteiger partial charge >= 0.3 is 5.97 Å². The van der Waals surface area contributed by atoms with Gasteiger partial charge in [0.2, 0.25) is 5.91 Å². The molecule has 0 aliphatic heterocycles. The molecular formula is C31H22Cl3N3O5S. The molecule has 3 amide bonds. The topological polar surface area (TPSA) is 125 Å². The predicted molar refractivity (Wildman–Crippen MR) is 171 cm³/mol. The van der Waals surface area contributed by atoms with Gasteiger partial charge in [0.1, 0.15) is 5.70 Å². The summed E-state index contributed by atoms with van der Waals surface area (Å²) in [5.74, 6) is -2.59. The average Bonchev–Trinajstić information content (AvgIpc) is 2.99. The van der Waals surface area contributed by atoms with Crippen LogP contribution in [0.1, 0.15) is 26.3 Å². The van der Waals surface area contributed by atoms with Crippen molar-refractivity contribution in [3.63, 3.8) is 0 Å². The van der Waals surface area contributed by atoms with Crippen molar-refractivity contribution < 1.29 is 24.3 Å². The summed E-state index contributed by atoms with van der Waals surface area (Å²) in [7, 11) is 0. The third-order valence-corrected chi connectivity index (χ3v) is 7.78. The number of carbonyl (C=O) groups excluding carboxylic acids is 3. The van der Waals surface area contributed by atoms with Crippen LogP contribution in [0.2, 0.25) is 15.1 Å². The summed E-state index contributed by atoms with van der Waals surface area (Å²) in [6, 6.07) is 24.3. The van der Waals surface area contributed by atoms with E-state index in [1.807, 2.05) is 0 Å². The third-order valence-electron chi connectivity index (χ3n) is 5.78. The van der Waals surface area contributed by atoms with E-state index in [1.165, 1.54) is 36.0 Å². The molecule has 0 radical (unpaired) electrons. The van der Waals surface area contributed by atoms with Crippen LogP contribution in [0, 0.1) is 0 Å². The van der Waals surface area contributed by atoms with Crippen molar-refractivity contribution in [3.05, 3.63) is 128 Å². The van der Waals surface area contributed by atoms with Gasteiger partial charge in [0.05, 0.1) is 16.3 Å². The zero-order valence-electron chi connectivity index (χ0n) is 22.1. The van der Waals surface area contributed by atoms with Gasteiger partial charge < -0.3 is 21.1 Å². The van der Waals surface area contributed by atoms with Gasteiger partial charge in [0.25, 0.3) is 11.8 Å². The smallest absolute Gasteiger partial charge is 0.337 e. The first-order valence-corrected chi connectivity index (χ1v) is 14.6. The number of benzene rings is 4. The number of nitrogens with one attached hydrogen (secondary N) is 3. The molecule has 0 saturated carbocycles. The van der Waals surface area contributed by atoms with Gasteiger partial charge in [0, 0.05) is 37.4 Å². The highest BCUT2D eigenvalue weighted by Crippen LogP contribution is 2.27. The predicted octanol–water partition coefficient (Wildman–Crippen LogP) is 7.49. The lowest BCUT2D eigenvalue weighted by atomic mass is 10.1. The van der Waals surface area contributed by atoms with Crippen molar-refractivity contribution in [3.8, 4) is 0 Å². The van der Waals surface area contributed by atoms with Crippen LogP contribution in [-0.4, -0.2) is 34.6 Å². The van der Waals surface area contributed by atoms with E-state index < -0.39 is 17.8 Å². The molecule has 0 spiro atoms. The zero-order valence-corrected chi connectivity index (χ0v) is 25.2. The fraction of sp³-hybridized carbons (Fsp3) is 0.0323. The Hall–Kier alpha value is -4.28. The van der Waals surface area contributed by atoms with E-state index in [-0.39, 0.29) is 27.9 Å². The van der Waals surface area contributed by atoms with Gasteiger partial charge in [-0.3, -0.25) is 14.4 Å². The van der Waals surface area contributed by atoms with Crippen LogP contribution >= 0.6 is 46.6 Å². The van der Waals surface area contributed by atoms with E-state index in [0.29, 0.717) is 32.5 Å². The molecule has 0 heterocycles. The lowest BCUT2D eigenvalue weighted by molar-refractivity contribution is -0.114. The van der Waals surface area contributed by atoms with E-state index in [1.54, 1.807) is 72.8 Å². The van der Waals surface area contributed by atoms with Crippen LogP contribution in [-0.2, 0) is 9.59 Å². The normalized spacial score (nSPS) is 11.0. The maximum absolute atomic E-state index is 13.3. The Bertz CT molecular complexity index is 1690. The van der Waals surface area contributed by atoms with Gasteiger partial charge in [-0.2, -0.15) is 0 Å². The fourth-order valence-corrected chi connectivity index (χ4v) is 5.08. The minimum atomic E-state index is -1.20. The summed E-state index contributed by atoms with van der Waals surface area (Å²) >= 11 is 19.7. The first-order valence-electron chi connectivity index (χ1n) is 12.5. The average molecular weight is 655 g/mol. The Balaban J connectivity index is 1.42. The summed E-state index contributed by atoms with van der Waals surface area (Å²) in [6.45, 7) is 0. The van der Waals surface area contributed by atoms with Gasteiger partial charge in [-0.15, -0.1) is 11.8 Å². The number of hydrogen-bond donors (Lipinski definition) is 4. The number of halogens is 3. The molecule has 0 unspecified atom stereocenters. The number of carbonyl (C=O) groups is 4. The van der Waals surface area contributed by atoms with Crippen molar-refractivity contribution in [1.29, 1.82) is 0 Å². The number of hydrogen-bond acceptors (Lipinski definition) is 5. The molecule has 0 saturated heterocycles. The van der Waals surface area contributed by atoms with Crippen LogP contribution in [0.25, 0.3) is 6.08 Å². The molecule has 8 nitrogen and oxygen atoms in total. The largest absolute Gasteiger partial charge is 0.478 e. The summed E-state index contributed by atoms with van der Waals surface area (Å²) in [5.41, 5.74) is 1.28. The Labute approximate surface area is 266 Å².